The predicted molar refractivity (Wildman–Crippen MR) is 86.9 cm³/mol. The molecule has 1 fully saturated rings. The average Bonchev–Trinajstić information content (AvgIpc) is 2.46. The molecule has 0 aromatic heterocycles. The van der Waals surface area contributed by atoms with Crippen molar-refractivity contribution in [3.63, 3.8) is 0 Å². The number of allylic oxidation sites excluding steroid dienone is 4. The summed E-state index contributed by atoms with van der Waals surface area (Å²) in [5, 5.41) is 11.8. The van der Waals surface area contributed by atoms with Crippen molar-refractivity contribution in [1.82, 2.24) is 0 Å². The maximum Gasteiger partial charge on any atom is 1.00 e. The Morgan fingerprint density at radius 2 is 2.00 bits per heavy atom. The van der Waals surface area contributed by atoms with E-state index >= 15 is 0 Å². The summed E-state index contributed by atoms with van der Waals surface area (Å²) in [4.78, 5) is 11.8. The summed E-state index contributed by atoms with van der Waals surface area (Å²) >= 11 is 0. The van der Waals surface area contributed by atoms with Gasteiger partial charge in [0.2, 0.25) is 0 Å². The van der Waals surface area contributed by atoms with Gasteiger partial charge in [0, 0.05) is 11.4 Å². The summed E-state index contributed by atoms with van der Waals surface area (Å²) in [5.74, 6) is 0.538. The minimum atomic E-state index is -0.838. The second kappa shape index (κ2) is 6.69. The smallest absolute Gasteiger partial charge is 0.550 e. The van der Waals surface area contributed by atoms with Crippen molar-refractivity contribution in [2.75, 3.05) is 0 Å². The number of fused-ring (bicyclic) bond motifs is 3. The van der Waals surface area contributed by atoms with Crippen molar-refractivity contribution in [2.24, 2.45) is 28.6 Å². The van der Waals surface area contributed by atoms with E-state index in [1.165, 1.54) is 18.4 Å². The molecule has 23 heavy (non-hydrogen) atoms. The fourth-order valence-electron chi connectivity index (χ4n) is 5.59. The fraction of sp³-hybridized carbons (Fsp3) is 0.750. The van der Waals surface area contributed by atoms with Crippen LogP contribution >= 0.6 is 0 Å². The number of aliphatic carboxylic acids is 1. The Balaban J connectivity index is 0.00000192. The topological polar surface area (TPSA) is 40.1 Å². The molecule has 4 atom stereocenters. The van der Waals surface area contributed by atoms with E-state index in [4.69, 9.17) is 0 Å². The van der Waals surface area contributed by atoms with E-state index in [9.17, 15) is 9.90 Å². The van der Waals surface area contributed by atoms with Gasteiger partial charge in [-0.1, -0.05) is 51.8 Å². The molecule has 3 aliphatic rings. The number of carbonyl (C=O) groups is 1. The molecule has 0 N–H and O–H groups in total. The molecular weight excluding hydrogens is 295 g/mol. The molecule has 1 saturated carbocycles. The van der Waals surface area contributed by atoms with Gasteiger partial charge in [0.1, 0.15) is 0 Å². The molecule has 122 valence electrons. The van der Waals surface area contributed by atoms with Crippen LogP contribution in [0.3, 0.4) is 0 Å². The van der Waals surface area contributed by atoms with Crippen LogP contribution in [0.25, 0.3) is 0 Å². The minimum Gasteiger partial charge on any atom is -0.550 e. The normalized spacial score (nSPS) is 39.5. The standard InChI is InChI=1S/C20H30O2.Na/c1-13(2)14-6-8-16-15(12-14)7-9-17-19(16,3)10-5-11-20(17,4)18(21)22;/h7,12-13,16-17H,5-6,8-11H2,1-4H3,(H,21,22);/q;+1/p-1. The summed E-state index contributed by atoms with van der Waals surface area (Å²) in [5.41, 5.74) is 2.51. The van der Waals surface area contributed by atoms with Crippen LogP contribution in [-0.2, 0) is 4.79 Å². The zero-order valence-electron chi connectivity index (χ0n) is 15.4. The van der Waals surface area contributed by atoms with Gasteiger partial charge >= 0.3 is 29.6 Å². The molecule has 3 aliphatic carbocycles. The SMILES string of the molecule is CC(C)C1=CC2=CCC3C(C)(C(=O)[O-])CCCC3(C)C2CC1.[Na+]. The van der Waals surface area contributed by atoms with Crippen LogP contribution in [0.4, 0.5) is 0 Å². The van der Waals surface area contributed by atoms with Gasteiger partial charge in [0.25, 0.3) is 0 Å². The van der Waals surface area contributed by atoms with Gasteiger partial charge in [0.15, 0.2) is 0 Å². The first-order valence-electron chi connectivity index (χ1n) is 8.91. The molecule has 0 radical (unpaired) electrons. The minimum absolute atomic E-state index is 0. The second-order valence-corrected chi connectivity index (χ2v) is 8.52. The van der Waals surface area contributed by atoms with E-state index in [1.54, 1.807) is 5.57 Å². The van der Waals surface area contributed by atoms with Gasteiger partial charge in [-0.2, -0.15) is 0 Å². The van der Waals surface area contributed by atoms with Gasteiger partial charge in [-0.05, 0) is 60.8 Å². The van der Waals surface area contributed by atoms with E-state index in [1.807, 2.05) is 6.92 Å². The van der Waals surface area contributed by atoms with Crippen molar-refractivity contribution in [2.45, 2.75) is 66.2 Å². The average molecular weight is 324 g/mol. The van der Waals surface area contributed by atoms with E-state index in [2.05, 4.69) is 32.9 Å². The first kappa shape index (κ1) is 19.3. The molecule has 0 aliphatic heterocycles. The molecule has 0 saturated heterocycles. The Hall–Kier alpha value is -0.0500. The zero-order chi connectivity index (χ0) is 16.1. The van der Waals surface area contributed by atoms with Crippen LogP contribution in [0.1, 0.15) is 66.2 Å². The third-order valence-electron chi connectivity index (χ3n) is 7.05. The van der Waals surface area contributed by atoms with Crippen LogP contribution in [0.2, 0.25) is 0 Å². The molecule has 0 heterocycles. The Labute approximate surface area is 163 Å². The third kappa shape index (κ3) is 3.00. The number of hydrogen-bond donors (Lipinski definition) is 0. The monoisotopic (exact) mass is 324 g/mol. The Morgan fingerprint density at radius 1 is 1.30 bits per heavy atom. The van der Waals surface area contributed by atoms with E-state index in [-0.39, 0.29) is 40.9 Å². The van der Waals surface area contributed by atoms with Crippen LogP contribution in [0, 0.1) is 28.6 Å². The maximum atomic E-state index is 11.8. The van der Waals surface area contributed by atoms with Crippen molar-refractivity contribution in [3.05, 3.63) is 23.3 Å². The summed E-state index contributed by atoms with van der Waals surface area (Å²) in [6, 6.07) is 0. The van der Waals surface area contributed by atoms with Crippen LogP contribution in [0.5, 0.6) is 0 Å². The van der Waals surface area contributed by atoms with Crippen molar-refractivity contribution in [1.29, 1.82) is 0 Å². The summed E-state index contributed by atoms with van der Waals surface area (Å²) in [6.07, 6.45) is 11.0. The number of carbonyl (C=O) groups excluding carboxylic acids is 1. The maximum absolute atomic E-state index is 11.8. The van der Waals surface area contributed by atoms with Crippen molar-refractivity contribution >= 4 is 5.97 Å². The van der Waals surface area contributed by atoms with Crippen LogP contribution in [0.15, 0.2) is 23.3 Å². The van der Waals surface area contributed by atoms with Gasteiger partial charge in [-0.25, -0.2) is 0 Å². The predicted octanol–water partition coefficient (Wildman–Crippen LogP) is 0.876. The molecule has 0 aromatic carbocycles. The van der Waals surface area contributed by atoms with E-state index in [0.29, 0.717) is 11.8 Å². The quantitative estimate of drug-likeness (QED) is 0.708. The Kier molecular flexibility index (Phi) is 5.61. The molecule has 0 spiro atoms. The molecular formula is C20H29NaO2. The van der Waals surface area contributed by atoms with E-state index < -0.39 is 11.4 Å². The van der Waals surface area contributed by atoms with Crippen molar-refractivity contribution < 1.29 is 39.5 Å². The summed E-state index contributed by atoms with van der Waals surface area (Å²) in [7, 11) is 0. The first-order chi connectivity index (χ1) is 10.3. The molecule has 0 bridgehead atoms. The summed E-state index contributed by atoms with van der Waals surface area (Å²) < 4.78 is 0. The van der Waals surface area contributed by atoms with E-state index in [0.717, 1.165) is 25.7 Å². The number of rotatable bonds is 2. The Bertz CT molecular complexity index is 548. The largest absolute Gasteiger partial charge is 1.00 e. The molecule has 3 heteroatoms. The Morgan fingerprint density at radius 3 is 2.61 bits per heavy atom. The zero-order valence-corrected chi connectivity index (χ0v) is 17.4. The molecule has 2 nitrogen and oxygen atoms in total. The number of carboxylic acid groups (broad SMARTS) is 1. The van der Waals surface area contributed by atoms with Gasteiger partial charge < -0.3 is 9.90 Å². The third-order valence-corrected chi connectivity index (χ3v) is 7.05. The molecule has 0 aromatic rings. The van der Waals surface area contributed by atoms with Crippen LogP contribution in [-0.4, -0.2) is 5.97 Å². The fourth-order valence-corrected chi connectivity index (χ4v) is 5.59. The molecule has 0 amide bonds. The van der Waals surface area contributed by atoms with Gasteiger partial charge in [0.05, 0.1) is 0 Å². The molecule has 4 unspecified atom stereocenters. The number of carboxylic acids is 1. The molecule has 3 rings (SSSR count). The first-order valence-corrected chi connectivity index (χ1v) is 8.91. The summed E-state index contributed by atoms with van der Waals surface area (Å²) in [6.45, 7) is 8.83. The second-order valence-electron chi connectivity index (χ2n) is 8.52. The van der Waals surface area contributed by atoms with Gasteiger partial charge in [-0.3, -0.25) is 0 Å². The van der Waals surface area contributed by atoms with Crippen LogP contribution < -0.4 is 34.7 Å². The number of hydrogen-bond acceptors (Lipinski definition) is 2. The van der Waals surface area contributed by atoms with Gasteiger partial charge in [-0.15, -0.1) is 0 Å². The van der Waals surface area contributed by atoms with Crippen molar-refractivity contribution in [3.8, 4) is 0 Å².